The van der Waals surface area contributed by atoms with Crippen molar-refractivity contribution in [1.82, 2.24) is 4.90 Å². The summed E-state index contributed by atoms with van der Waals surface area (Å²) < 4.78 is 11.1. The molecule has 0 amide bonds. The Morgan fingerprint density at radius 3 is 3.04 bits per heavy atom. The average Bonchev–Trinajstić information content (AvgIpc) is 3.28. The van der Waals surface area contributed by atoms with E-state index in [0.717, 1.165) is 44.0 Å². The van der Waals surface area contributed by atoms with Gasteiger partial charge in [0.15, 0.2) is 5.11 Å². The second-order valence-corrected chi connectivity index (χ2v) is 7.18. The molecule has 1 N–H and O–H groups in total. The summed E-state index contributed by atoms with van der Waals surface area (Å²) in [4.78, 5) is 3.49. The molecule has 1 atom stereocenters. The quantitative estimate of drug-likeness (QED) is 0.781. The van der Waals surface area contributed by atoms with E-state index in [0.29, 0.717) is 5.11 Å². The van der Waals surface area contributed by atoms with Crippen LogP contribution < -0.4 is 10.1 Å². The molecule has 128 valence electrons. The van der Waals surface area contributed by atoms with E-state index in [1.54, 1.807) is 18.4 Å². The molecule has 0 bridgehead atoms. The first-order chi connectivity index (χ1) is 11.7. The van der Waals surface area contributed by atoms with E-state index in [2.05, 4.69) is 27.7 Å². The molecule has 24 heavy (non-hydrogen) atoms. The van der Waals surface area contributed by atoms with Gasteiger partial charge in [-0.3, -0.25) is 0 Å². The Bertz CT molecular complexity index is 655. The molecule has 0 saturated carbocycles. The molecular formula is C18H22N2O2S2. The van der Waals surface area contributed by atoms with E-state index in [1.165, 1.54) is 4.88 Å². The highest BCUT2D eigenvalue weighted by atomic mass is 32.1. The van der Waals surface area contributed by atoms with E-state index in [4.69, 9.17) is 21.7 Å². The lowest BCUT2D eigenvalue weighted by Crippen LogP contribution is -2.39. The van der Waals surface area contributed by atoms with E-state index in [9.17, 15) is 0 Å². The van der Waals surface area contributed by atoms with Crippen LogP contribution in [0.1, 0.15) is 17.7 Å². The summed E-state index contributed by atoms with van der Waals surface area (Å²) in [5.74, 6) is 0.812. The summed E-state index contributed by atoms with van der Waals surface area (Å²) >= 11 is 7.42. The number of nitrogens with zero attached hydrogens (tertiary/aromatic N) is 1. The van der Waals surface area contributed by atoms with Gasteiger partial charge in [-0.15, -0.1) is 11.3 Å². The van der Waals surface area contributed by atoms with Crippen LogP contribution in [0, 0.1) is 0 Å². The van der Waals surface area contributed by atoms with Crippen molar-refractivity contribution in [3.05, 3.63) is 46.7 Å². The van der Waals surface area contributed by atoms with Crippen LogP contribution in [0.4, 0.5) is 5.69 Å². The summed E-state index contributed by atoms with van der Waals surface area (Å²) in [5.41, 5.74) is 0.933. The number of hydrogen-bond donors (Lipinski definition) is 1. The van der Waals surface area contributed by atoms with Crippen LogP contribution in [0.3, 0.4) is 0 Å². The summed E-state index contributed by atoms with van der Waals surface area (Å²) in [5, 5.41) is 6.14. The van der Waals surface area contributed by atoms with Gasteiger partial charge in [-0.2, -0.15) is 0 Å². The topological polar surface area (TPSA) is 33.7 Å². The molecule has 0 spiro atoms. The fourth-order valence-electron chi connectivity index (χ4n) is 2.75. The predicted molar refractivity (Wildman–Crippen MR) is 103 cm³/mol. The second-order valence-electron chi connectivity index (χ2n) is 5.76. The molecule has 6 heteroatoms. The first-order valence-corrected chi connectivity index (χ1v) is 9.37. The SMILES string of the molecule is COc1cccc(NC(=S)N(Cc2cccs2)C[C@H]2CCCO2)c1. The van der Waals surface area contributed by atoms with Crippen LogP contribution >= 0.6 is 23.6 Å². The highest BCUT2D eigenvalue weighted by Gasteiger charge is 2.21. The fourth-order valence-corrected chi connectivity index (χ4v) is 3.72. The van der Waals surface area contributed by atoms with E-state index >= 15 is 0 Å². The van der Waals surface area contributed by atoms with Crippen molar-refractivity contribution in [3.63, 3.8) is 0 Å². The molecule has 1 saturated heterocycles. The van der Waals surface area contributed by atoms with Crippen molar-refractivity contribution in [3.8, 4) is 5.75 Å². The monoisotopic (exact) mass is 362 g/mol. The molecular weight excluding hydrogens is 340 g/mol. The molecule has 0 unspecified atom stereocenters. The zero-order valence-electron chi connectivity index (χ0n) is 13.7. The van der Waals surface area contributed by atoms with Crippen molar-refractivity contribution < 1.29 is 9.47 Å². The maximum absolute atomic E-state index is 5.79. The van der Waals surface area contributed by atoms with Gasteiger partial charge in [-0.1, -0.05) is 12.1 Å². The summed E-state index contributed by atoms with van der Waals surface area (Å²) in [6.45, 7) is 2.47. The summed E-state index contributed by atoms with van der Waals surface area (Å²) in [6.07, 6.45) is 2.49. The third-order valence-electron chi connectivity index (χ3n) is 3.98. The van der Waals surface area contributed by atoms with Gasteiger partial charge < -0.3 is 19.7 Å². The Labute approximate surface area is 152 Å². The normalized spacial score (nSPS) is 16.8. The third-order valence-corrected chi connectivity index (χ3v) is 5.20. The Morgan fingerprint density at radius 2 is 2.33 bits per heavy atom. The number of anilines is 1. The van der Waals surface area contributed by atoms with Crippen molar-refractivity contribution in [2.24, 2.45) is 0 Å². The Morgan fingerprint density at radius 1 is 1.42 bits per heavy atom. The summed E-state index contributed by atoms with van der Waals surface area (Å²) in [7, 11) is 1.66. The number of hydrogen-bond acceptors (Lipinski definition) is 4. The molecule has 1 aromatic heterocycles. The lowest BCUT2D eigenvalue weighted by Gasteiger charge is -2.28. The van der Waals surface area contributed by atoms with Gasteiger partial charge in [0.1, 0.15) is 5.75 Å². The smallest absolute Gasteiger partial charge is 0.173 e. The number of nitrogens with one attached hydrogen (secondary N) is 1. The fraction of sp³-hybridized carbons (Fsp3) is 0.389. The van der Waals surface area contributed by atoms with Crippen molar-refractivity contribution in [2.75, 3.05) is 25.6 Å². The van der Waals surface area contributed by atoms with Gasteiger partial charge in [-0.05, 0) is 48.6 Å². The number of ether oxygens (including phenoxy) is 2. The lowest BCUT2D eigenvalue weighted by molar-refractivity contribution is 0.0907. The third kappa shape index (κ3) is 4.69. The highest BCUT2D eigenvalue weighted by molar-refractivity contribution is 7.80. The van der Waals surface area contributed by atoms with Crippen LogP contribution in [0.5, 0.6) is 5.75 Å². The zero-order valence-corrected chi connectivity index (χ0v) is 15.4. The van der Waals surface area contributed by atoms with Gasteiger partial charge in [0, 0.05) is 29.8 Å². The van der Waals surface area contributed by atoms with Crippen molar-refractivity contribution in [1.29, 1.82) is 0 Å². The standard InChI is InChI=1S/C18H22N2O2S2/c1-21-15-6-2-5-14(11-15)19-18(23)20(12-16-7-3-9-22-16)13-17-8-4-10-24-17/h2,4-6,8,10-11,16H,3,7,9,12-13H2,1H3,(H,19,23)/t16-/m1/s1. The van der Waals surface area contributed by atoms with Crippen LogP contribution in [0.15, 0.2) is 41.8 Å². The second kappa shape index (κ2) is 8.46. The molecule has 1 aromatic carbocycles. The Balaban J connectivity index is 1.69. The molecule has 2 aromatic rings. The van der Waals surface area contributed by atoms with E-state index in [-0.39, 0.29) is 6.10 Å². The minimum atomic E-state index is 0.259. The molecule has 1 aliphatic heterocycles. The first-order valence-electron chi connectivity index (χ1n) is 8.08. The maximum Gasteiger partial charge on any atom is 0.173 e. The van der Waals surface area contributed by atoms with Crippen LogP contribution in [-0.4, -0.2) is 36.4 Å². The first kappa shape index (κ1) is 17.2. The van der Waals surface area contributed by atoms with Gasteiger partial charge in [0.05, 0.1) is 19.8 Å². The van der Waals surface area contributed by atoms with E-state index < -0.39 is 0 Å². The van der Waals surface area contributed by atoms with Crippen LogP contribution in [0.25, 0.3) is 0 Å². The van der Waals surface area contributed by atoms with Gasteiger partial charge in [0.2, 0.25) is 0 Å². The minimum absolute atomic E-state index is 0.259. The molecule has 2 heterocycles. The minimum Gasteiger partial charge on any atom is -0.497 e. The van der Waals surface area contributed by atoms with E-state index in [1.807, 2.05) is 24.3 Å². The number of benzene rings is 1. The number of methoxy groups -OCH3 is 1. The number of rotatable bonds is 6. The maximum atomic E-state index is 5.79. The van der Waals surface area contributed by atoms with Crippen molar-refractivity contribution in [2.45, 2.75) is 25.5 Å². The van der Waals surface area contributed by atoms with Gasteiger partial charge in [-0.25, -0.2) is 0 Å². The van der Waals surface area contributed by atoms with Gasteiger partial charge >= 0.3 is 0 Å². The molecule has 0 radical (unpaired) electrons. The molecule has 3 rings (SSSR count). The Kier molecular flexibility index (Phi) is 6.07. The number of thiophene rings is 1. The van der Waals surface area contributed by atoms with Crippen LogP contribution in [-0.2, 0) is 11.3 Å². The van der Waals surface area contributed by atoms with Crippen LogP contribution in [0.2, 0.25) is 0 Å². The molecule has 1 aliphatic rings. The molecule has 1 fully saturated rings. The highest BCUT2D eigenvalue weighted by Crippen LogP contribution is 2.20. The Hall–Kier alpha value is -1.63. The lowest BCUT2D eigenvalue weighted by atomic mass is 10.2. The summed E-state index contributed by atoms with van der Waals surface area (Å²) in [6, 6.07) is 12.0. The number of thiocarbonyl (C=S) groups is 1. The molecule has 0 aliphatic carbocycles. The van der Waals surface area contributed by atoms with Gasteiger partial charge in [0.25, 0.3) is 0 Å². The van der Waals surface area contributed by atoms with Crippen molar-refractivity contribution >= 4 is 34.4 Å². The predicted octanol–water partition coefficient (Wildman–Crippen LogP) is 4.13. The average molecular weight is 363 g/mol. The zero-order chi connectivity index (χ0) is 16.8. The largest absolute Gasteiger partial charge is 0.497 e. The molecule has 4 nitrogen and oxygen atoms in total.